The zero-order valence-electron chi connectivity index (χ0n) is 13.3. The number of aryl methyl sites for hydroxylation is 1. The maximum Gasteiger partial charge on any atom is 0.266 e. The number of aromatic nitrogens is 2. The van der Waals surface area contributed by atoms with Gasteiger partial charge < -0.3 is 4.74 Å². The summed E-state index contributed by atoms with van der Waals surface area (Å²) in [6, 6.07) is 9.49. The second kappa shape index (κ2) is 7.34. The molecule has 0 saturated carbocycles. The largest absolute Gasteiger partial charge is 0.371 e. The molecule has 23 heavy (non-hydrogen) atoms. The van der Waals surface area contributed by atoms with Crippen molar-refractivity contribution in [2.45, 2.75) is 26.0 Å². The number of hydrogen-bond acceptors (Lipinski definition) is 3. The lowest BCUT2D eigenvalue weighted by Crippen LogP contribution is -2.40. The van der Waals surface area contributed by atoms with Crippen LogP contribution >= 0.6 is 11.6 Å². The van der Waals surface area contributed by atoms with E-state index in [9.17, 15) is 4.79 Å². The summed E-state index contributed by atoms with van der Waals surface area (Å²) in [7, 11) is 0. The number of morpholine rings is 1. The van der Waals surface area contributed by atoms with Gasteiger partial charge in [0, 0.05) is 42.0 Å². The van der Waals surface area contributed by atoms with Gasteiger partial charge in [-0.25, -0.2) is 0 Å². The molecule has 0 bridgehead atoms. The minimum absolute atomic E-state index is 0.0102. The standard InChI is InChI=1S/C17H22ClN3O2/c1-2-13-11-17(22)21(19-13)8-7-20-9-10-23-16(12-20)14-5-3-4-6-15(14)18/h3-6,11,16,19H,2,7-10,12H2,1H3. The van der Waals surface area contributed by atoms with E-state index in [1.165, 1.54) is 0 Å². The summed E-state index contributed by atoms with van der Waals surface area (Å²) in [6.45, 7) is 5.85. The van der Waals surface area contributed by atoms with Gasteiger partial charge in [0.2, 0.25) is 0 Å². The average molecular weight is 336 g/mol. The van der Waals surface area contributed by atoms with Crippen molar-refractivity contribution in [1.82, 2.24) is 14.7 Å². The Morgan fingerprint density at radius 1 is 1.35 bits per heavy atom. The van der Waals surface area contributed by atoms with Crippen LogP contribution in [0.25, 0.3) is 0 Å². The Hall–Kier alpha value is -1.56. The van der Waals surface area contributed by atoms with Gasteiger partial charge in [-0.05, 0) is 12.5 Å². The molecule has 1 aromatic heterocycles. The minimum Gasteiger partial charge on any atom is -0.371 e. The van der Waals surface area contributed by atoms with Crippen LogP contribution in [-0.2, 0) is 17.7 Å². The summed E-state index contributed by atoms with van der Waals surface area (Å²) in [5, 5.41) is 3.89. The summed E-state index contributed by atoms with van der Waals surface area (Å²) in [5.74, 6) is 0. The molecule has 6 heteroatoms. The van der Waals surface area contributed by atoms with E-state index in [2.05, 4.69) is 10.00 Å². The maximum atomic E-state index is 11.9. The van der Waals surface area contributed by atoms with Gasteiger partial charge in [-0.3, -0.25) is 19.5 Å². The second-order valence-corrected chi connectivity index (χ2v) is 6.21. The van der Waals surface area contributed by atoms with E-state index in [1.807, 2.05) is 31.2 Å². The van der Waals surface area contributed by atoms with Gasteiger partial charge in [-0.1, -0.05) is 36.7 Å². The first-order chi connectivity index (χ1) is 11.2. The fourth-order valence-corrected chi connectivity index (χ4v) is 3.16. The molecule has 124 valence electrons. The molecule has 1 saturated heterocycles. The van der Waals surface area contributed by atoms with Gasteiger partial charge in [-0.15, -0.1) is 0 Å². The quantitative estimate of drug-likeness (QED) is 0.913. The molecule has 1 unspecified atom stereocenters. The van der Waals surface area contributed by atoms with Crippen molar-refractivity contribution in [3.05, 3.63) is 57.0 Å². The van der Waals surface area contributed by atoms with E-state index >= 15 is 0 Å². The van der Waals surface area contributed by atoms with Crippen LogP contribution < -0.4 is 5.56 Å². The number of rotatable bonds is 5. The van der Waals surface area contributed by atoms with Crippen LogP contribution in [-0.4, -0.2) is 40.9 Å². The first-order valence-electron chi connectivity index (χ1n) is 8.04. The highest BCUT2D eigenvalue weighted by molar-refractivity contribution is 6.31. The van der Waals surface area contributed by atoms with E-state index in [0.29, 0.717) is 13.2 Å². The van der Waals surface area contributed by atoms with Crippen molar-refractivity contribution >= 4 is 11.6 Å². The molecule has 3 rings (SSSR count). The number of nitrogens with zero attached hydrogens (tertiary/aromatic N) is 2. The van der Waals surface area contributed by atoms with Crippen LogP contribution in [0.2, 0.25) is 5.02 Å². The van der Waals surface area contributed by atoms with Crippen LogP contribution in [0.5, 0.6) is 0 Å². The topological polar surface area (TPSA) is 50.3 Å². The third-order valence-electron chi connectivity index (χ3n) is 4.27. The zero-order valence-corrected chi connectivity index (χ0v) is 14.1. The van der Waals surface area contributed by atoms with Crippen LogP contribution in [0.4, 0.5) is 0 Å². The number of nitrogens with one attached hydrogen (secondary N) is 1. The molecule has 2 aromatic rings. The van der Waals surface area contributed by atoms with E-state index < -0.39 is 0 Å². The Bertz CT molecular complexity index is 710. The van der Waals surface area contributed by atoms with Crippen LogP contribution in [0.1, 0.15) is 24.3 Å². The highest BCUT2D eigenvalue weighted by Crippen LogP contribution is 2.28. The highest BCUT2D eigenvalue weighted by atomic mass is 35.5. The summed E-state index contributed by atoms with van der Waals surface area (Å²) >= 11 is 6.27. The van der Waals surface area contributed by atoms with Crippen LogP contribution in [0, 0.1) is 0 Å². The number of benzene rings is 1. The smallest absolute Gasteiger partial charge is 0.266 e. The Morgan fingerprint density at radius 3 is 2.91 bits per heavy atom. The molecule has 1 aliphatic rings. The van der Waals surface area contributed by atoms with E-state index in [0.717, 1.165) is 42.3 Å². The third kappa shape index (κ3) is 3.86. The lowest BCUT2D eigenvalue weighted by molar-refractivity contribution is -0.0311. The fourth-order valence-electron chi connectivity index (χ4n) is 2.91. The Kier molecular flexibility index (Phi) is 5.20. The average Bonchev–Trinajstić information content (AvgIpc) is 2.94. The zero-order chi connectivity index (χ0) is 16.2. The number of aromatic amines is 1. The molecule has 2 heterocycles. The summed E-state index contributed by atoms with van der Waals surface area (Å²) in [6.07, 6.45) is 0.831. The van der Waals surface area contributed by atoms with E-state index in [1.54, 1.807) is 10.7 Å². The first kappa shape index (κ1) is 16.3. The molecule has 1 N–H and O–H groups in total. The Morgan fingerprint density at radius 2 is 2.17 bits per heavy atom. The summed E-state index contributed by atoms with van der Waals surface area (Å²) < 4.78 is 7.55. The minimum atomic E-state index is -0.0102. The van der Waals surface area contributed by atoms with Crippen molar-refractivity contribution in [1.29, 1.82) is 0 Å². The van der Waals surface area contributed by atoms with Crippen molar-refractivity contribution in [2.75, 3.05) is 26.2 Å². The van der Waals surface area contributed by atoms with Gasteiger partial charge in [0.05, 0.1) is 19.3 Å². The van der Waals surface area contributed by atoms with Gasteiger partial charge in [0.15, 0.2) is 0 Å². The van der Waals surface area contributed by atoms with Crippen molar-refractivity contribution in [2.24, 2.45) is 0 Å². The molecule has 0 amide bonds. The molecule has 0 spiro atoms. The molecular formula is C17H22ClN3O2. The number of H-pyrrole nitrogens is 1. The monoisotopic (exact) mass is 335 g/mol. The van der Waals surface area contributed by atoms with E-state index in [4.69, 9.17) is 16.3 Å². The molecule has 5 nitrogen and oxygen atoms in total. The lowest BCUT2D eigenvalue weighted by atomic mass is 10.1. The molecule has 1 atom stereocenters. The first-order valence-corrected chi connectivity index (χ1v) is 8.42. The molecule has 0 radical (unpaired) electrons. The van der Waals surface area contributed by atoms with Crippen molar-refractivity contribution < 1.29 is 4.74 Å². The van der Waals surface area contributed by atoms with Gasteiger partial charge in [0.1, 0.15) is 0 Å². The predicted octanol–water partition coefficient (Wildman–Crippen LogP) is 2.47. The van der Waals surface area contributed by atoms with Gasteiger partial charge in [-0.2, -0.15) is 0 Å². The van der Waals surface area contributed by atoms with Crippen LogP contribution in [0.3, 0.4) is 0 Å². The number of halogens is 1. The van der Waals surface area contributed by atoms with Gasteiger partial charge >= 0.3 is 0 Å². The lowest BCUT2D eigenvalue weighted by Gasteiger charge is -2.33. The Labute approximate surface area is 140 Å². The molecule has 1 fully saturated rings. The van der Waals surface area contributed by atoms with Crippen LogP contribution in [0.15, 0.2) is 35.1 Å². The highest BCUT2D eigenvalue weighted by Gasteiger charge is 2.23. The number of hydrogen-bond donors (Lipinski definition) is 1. The molecule has 1 aromatic carbocycles. The molecular weight excluding hydrogens is 314 g/mol. The maximum absolute atomic E-state index is 11.9. The second-order valence-electron chi connectivity index (χ2n) is 5.81. The van der Waals surface area contributed by atoms with Crippen molar-refractivity contribution in [3.8, 4) is 0 Å². The SMILES string of the molecule is CCc1cc(=O)n(CCN2CCOC(c3ccccc3Cl)C2)[nH]1. The normalized spacial score (nSPS) is 19.1. The fraction of sp³-hybridized carbons (Fsp3) is 0.471. The predicted molar refractivity (Wildman–Crippen MR) is 91.0 cm³/mol. The van der Waals surface area contributed by atoms with Crippen molar-refractivity contribution in [3.63, 3.8) is 0 Å². The van der Waals surface area contributed by atoms with Gasteiger partial charge in [0.25, 0.3) is 5.56 Å². The van der Waals surface area contributed by atoms with E-state index in [-0.39, 0.29) is 11.7 Å². The summed E-state index contributed by atoms with van der Waals surface area (Å²) in [5.41, 5.74) is 2.05. The summed E-state index contributed by atoms with van der Waals surface area (Å²) in [4.78, 5) is 14.2. The third-order valence-corrected chi connectivity index (χ3v) is 4.61. The molecule has 0 aliphatic carbocycles. The Balaban J connectivity index is 1.62. The molecule has 1 aliphatic heterocycles. The number of ether oxygens (including phenoxy) is 1.